The van der Waals surface area contributed by atoms with E-state index in [1.165, 1.54) is 7.11 Å². The first-order valence-electron chi connectivity index (χ1n) is 6.71. The topological polar surface area (TPSA) is 47.9 Å². The largest absolute Gasteiger partial charge is 0.504 e. The van der Waals surface area contributed by atoms with Gasteiger partial charge in [0.1, 0.15) is 12.4 Å². The highest BCUT2D eigenvalue weighted by atomic mass is 79.9. The molecule has 21 heavy (non-hydrogen) atoms. The van der Waals surface area contributed by atoms with Crippen molar-refractivity contribution in [3.05, 3.63) is 30.3 Å². The molecule has 0 aliphatic carbocycles. The molecular formula is C16H19BrO4. The van der Waals surface area contributed by atoms with Gasteiger partial charge in [-0.05, 0) is 6.42 Å². The lowest BCUT2D eigenvalue weighted by Gasteiger charge is -2.17. The predicted molar refractivity (Wildman–Crippen MR) is 86.9 cm³/mol. The van der Waals surface area contributed by atoms with Crippen LogP contribution in [-0.2, 0) is 4.74 Å². The molecule has 0 heterocycles. The highest BCUT2D eigenvalue weighted by molar-refractivity contribution is 9.09. The number of rotatable bonds is 7. The van der Waals surface area contributed by atoms with Crippen molar-refractivity contribution in [2.45, 2.75) is 12.5 Å². The van der Waals surface area contributed by atoms with Crippen LogP contribution in [0.1, 0.15) is 6.42 Å². The Bertz CT molecular complexity index is 600. The summed E-state index contributed by atoms with van der Waals surface area (Å²) in [5.41, 5.74) is 0. The number of hydrogen-bond donors (Lipinski definition) is 1. The highest BCUT2D eigenvalue weighted by Crippen LogP contribution is 2.40. The smallest absolute Gasteiger partial charge is 0.165 e. The minimum Gasteiger partial charge on any atom is -0.504 e. The zero-order valence-electron chi connectivity index (χ0n) is 12.1. The maximum Gasteiger partial charge on any atom is 0.165 e. The highest BCUT2D eigenvalue weighted by Gasteiger charge is 2.14. The van der Waals surface area contributed by atoms with Gasteiger partial charge in [0.25, 0.3) is 0 Å². The molecule has 2 aromatic rings. The van der Waals surface area contributed by atoms with Crippen molar-refractivity contribution in [2.75, 3.05) is 26.2 Å². The zero-order chi connectivity index (χ0) is 15.2. The minimum atomic E-state index is 0.0166. The molecule has 0 aliphatic rings. The van der Waals surface area contributed by atoms with Gasteiger partial charge >= 0.3 is 0 Å². The summed E-state index contributed by atoms with van der Waals surface area (Å²) in [6, 6.07) is 9.24. The third-order valence-corrected chi connectivity index (χ3v) is 3.81. The zero-order valence-corrected chi connectivity index (χ0v) is 13.7. The summed E-state index contributed by atoms with van der Waals surface area (Å²) in [7, 11) is 3.20. The molecule has 0 spiro atoms. The van der Waals surface area contributed by atoms with Crippen LogP contribution in [0.3, 0.4) is 0 Å². The fourth-order valence-electron chi connectivity index (χ4n) is 2.15. The number of fused-ring (bicyclic) bond motifs is 1. The lowest BCUT2D eigenvalue weighted by molar-refractivity contribution is 0.0570. The van der Waals surface area contributed by atoms with E-state index in [2.05, 4.69) is 15.9 Å². The Kier molecular flexibility index (Phi) is 5.70. The number of ether oxygens (including phenoxy) is 3. The molecule has 0 fully saturated rings. The molecule has 0 aromatic heterocycles. The number of alkyl halides is 1. The molecule has 5 heteroatoms. The van der Waals surface area contributed by atoms with E-state index in [1.54, 1.807) is 13.2 Å². The van der Waals surface area contributed by atoms with Crippen molar-refractivity contribution in [1.82, 2.24) is 0 Å². The summed E-state index contributed by atoms with van der Waals surface area (Å²) >= 11 is 3.40. The number of benzene rings is 2. The quantitative estimate of drug-likeness (QED) is 0.769. The Morgan fingerprint density at radius 2 is 1.86 bits per heavy atom. The fraction of sp³-hybridized carbons (Fsp3) is 0.375. The van der Waals surface area contributed by atoms with Crippen molar-refractivity contribution in [2.24, 2.45) is 0 Å². The third-order valence-electron chi connectivity index (χ3n) is 3.35. The van der Waals surface area contributed by atoms with Crippen molar-refractivity contribution in [3.63, 3.8) is 0 Å². The van der Waals surface area contributed by atoms with E-state index in [4.69, 9.17) is 14.2 Å². The average molecular weight is 355 g/mol. The number of phenols is 1. The first-order valence-corrected chi connectivity index (χ1v) is 7.83. The summed E-state index contributed by atoms with van der Waals surface area (Å²) in [6.07, 6.45) is 0.881. The molecule has 2 aromatic carbocycles. The van der Waals surface area contributed by atoms with Crippen molar-refractivity contribution < 1.29 is 19.3 Å². The van der Waals surface area contributed by atoms with Crippen LogP contribution < -0.4 is 9.47 Å². The van der Waals surface area contributed by atoms with Crippen LogP contribution in [0.5, 0.6) is 17.2 Å². The van der Waals surface area contributed by atoms with Gasteiger partial charge in [-0.3, -0.25) is 0 Å². The van der Waals surface area contributed by atoms with E-state index in [0.717, 1.165) is 17.1 Å². The van der Waals surface area contributed by atoms with Crippen LogP contribution >= 0.6 is 15.9 Å². The molecule has 4 nitrogen and oxygen atoms in total. The molecule has 0 aliphatic heterocycles. The second-order valence-corrected chi connectivity index (χ2v) is 5.41. The van der Waals surface area contributed by atoms with Gasteiger partial charge in [0.15, 0.2) is 11.5 Å². The van der Waals surface area contributed by atoms with Crippen molar-refractivity contribution in [1.29, 1.82) is 0 Å². The number of hydrogen-bond acceptors (Lipinski definition) is 4. The molecule has 0 amide bonds. The van der Waals surface area contributed by atoms with E-state index < -0.39 is 0 Å². The lowest BCUT2D eigenvalue weighted by Crippen LogP contribution is -2.20. The average Bonchev–Trinajstić information content (AvgIpc) is 2.53. The monoisotopic (exact) mass is 354 g/mol. The van der Waals surface area contributed by atoms with E-state index in [1.807, 2.05) is 24.3 Å². The Morgan fingerprint density at radius 1 is 1.14 bits per heavy atom. The summed E-state index contributed by atoms with van der Waals surface area (Å²) in [4.78, 5) is 0. The molecule has 1 unspecified atom stereocenters. The second kappa shape index (κ2) is 7.52. The van der Waals surface area contributed by atoms with Gasteiger partial charge in [-0.2, -0.15) is 0 Å². The molecule has 114 valence electrons. The summed E-state index contributed by atoms with van der Waals surface area (Å²) < 4.78 is 16.5. The van der Waals surface area contributed by atoms with Gasteiger partial charge in [0.2, 0.25) is 0 Å². The summed E-state index contributed by atoms with van der Waals surface area (Å²) in [6.45, 7) is 0.444. The van der Waals surface area contributed by atoms with Crippen LogP contribution in [0, 0.1) is 0 Å². The Balaban J connectivity index is 2.32. The predicted octanol–water partition coefficient (Wildman–Crippen LogP) is 3.73. The number of aromatic hydroxyl groups is 1. The van der Waals surface area contributed by atoms with Crippen molar-refractivity contribution >= 4 is 26.7 Å². The molecule has 0 saturated heterocycles. The van der Waals surface area contributed by atoms with E-state index in [-0.39, 0.29) is 11.9 Å². The van der Waals surface area contributed by atoms with Gasteiger partial charge in [0, 0.05) is 29.3 Å². The number of phenolic OH excluding ortho intramolecular Hbond substituents is 1. The summed E-state index contributed by atoms with van der Waals surface area (Å²) in [5.74, 6) is 1.21. The third kappa shape index (κ3) is 3.60. The Morgan fingerprint density at radius 3 is 2.48 bits per heavy atom. The standard InChI is InChI=1S/C16H19BrO4/c1-19-11(7-8-17)10-21-14-9-15(20-2)16(18)13-6-4-3-5-12(13)14/h3-6,9,11,18H,7-8,10H2,1-2H3. The molecule has 1 atom stereocenters. The molecule has 0 bridgehead atoms. The van der Waals surface area contributed by atoms with Crippen LogP contribution in [0.2, 0.25) is 0 Å². The van der Waals surface area contributed by atoms with Gasteiger partial charge in [0.05, 0.1) is 13.2 Å². The van der Waals surface area contributed by atoms with Gasteiger partial charge in [-0.15, -0.1) is 0 Å². The summed E-state index contributed by atoms with van der Waals surface area (Å²) in [5, 5.41) is 12.6. The van der Waals surface area contributed by atoms with Crippen LogP contribution in [0.25, 0.3) is 10.8 Å². The molecule has 1 N–H and O–H groups in total. The molecule has 2 rings (SSSR count). The van der Waals surface area contributed by atoms with Gasteiger partial charge in [-0.25, -0.2) is 0 Å². The normalized spacial score (nSPS) is 12.3. The minimum absolute atomic E-state index is 0.0166. The molecular weight excluding hydrogens is 336 g/mol. The van der Waals surface area contributed by atoms with E-state index in [9.17, 15) is 5.11 Å². The van der Waals surface area contributed by atoms with E-state index in [0.29, 0.717) is 23.5 Å². The first-order chi connectivity index (χ1) is 10.2. The van der Waals surface area contributed by atoms with E-state index >= 15 is 0 Å². The molecule has 0 radical (unpaired) electrons. The Labute approximate surface area is 132 Å². The Hall–Kier alpha value is -1.46. The van der Waals surface area contributed by atoms with Gasteiger partial charge < -0.3 is 19.3 Å². The fourth-order valence-corrected chi connectivity index (χ4v) is 2.66. The lowest BCUT2D eigenvalue weighted by atomic mass is 10.1. The SMILES string of the molecule is COc1cc(OCC(CCBr)OC)c2ccccc2c1O. The first kappa shape index (κ1) is 15.9. The maximum atomic E-state index is 10.2. The van der Waals surface area contributed by atoms with Gasteiger partial charge in [-0.1, -0.05) is 40.2 Å². The second-order valence-electron chi connectivity index (χ2n) is 4.62. The molecule has 0 saturated carbocycles. The number of methoxy groups -OCH3 is 2. The van der Waals surface area contributed by atoms with Crippen molar-refractivity contribution in [3.8, 4) is 17.2 Å². The van der Waals surface area contributed by atoms with Crippen LogP contribution in [0.4, 0.5) is 0 Å². The van der Waals surface area contributed by atoms with Crippen LogP contribution in [-0.4, -0.2) is 37.4 Å². The maximum absolute atomic E-state index is 10.2. The van der Waals surface area contributed by atoms with Crippen LogP contribution in [0.15, 0.2) is 30.3 Å². The number of halogens is 1.